The molecule has 1 heterocycles. The molecule has 84 valence electrons. The van der Waals surface area contributed by atoms with Crippen molar-refractivity contribution in [3.8, 4) is 0 Å². The lowest BCUT2D eigenvalue weighted by atomic mass is 10.1. The molecule has 0 radical (unpaired) electrons. The Balaban J connectivity index is 2.24. The summed E-state index contributed by atoms with van der Waals surface area (Å²) >= 11 is 0. The van der Waals surface area contributed by atoms with Crippen LogP contribution in [0.25, 0.3) is 5.70 Å². The van der Waals surface area contributed by atoms with Gasteiger partial charge in [0.25, 0.3) is 0 Å². The van der Waals surface area contributed by atoms with Crippen molar-refractivity contribution < 1.29 is 4.79 Å². The second-order valence-corrected chi connectivity index (χ2v) is 3.54. The van der Waals surface area contributed by atoms with E-state index in [-0.39, 0.29) is 5.78 Å². The van der Waals surface area contributed by atoms with Crippen molar-refractivity contribution in [3.05, 3.63) is 72.1 Å². The van der Waals surface area contributed by atoms with Crippen LogP contribution in [0.2, 0.25) is 0 Å². The summed E-state index contributed by atoms with van der Waals surface area (Å²) in [7, 11) is 0. The van der Waals surface area contributed by atoms with Gasteiger partial charge in [0.15, 0.2) is 5.78 Å². The van der Waals surface area contributed by atoms with E-state index < -0.39 is 0 Å². The molecule has 0 fully saturated rings. The molecule has 0 aliphatic heterocycles. The number of hydrogen-bond acceptors (Lipinski definition) is 3. The first-order valence-electron chi connectivity index (χ1n) is 5.25. The van der Waals surface area contributed by atoms with Crippen LogP contribution in [0.5, 0.6) is 0 Å². The molecule has 0 atom stereocenters. The lowest BCUT2D eigenvalue weighted by Crippen LogP contribution is -2.03. The Hall–Kier alpha value is -2.42. The molecule has 0 aliphatic rings. The molecule has 1 aromatic heterocycles. The number of ketones is 1. The third kappa shape index (κ3) is 2.78. The Kier molecular flexibility index (Phi) is 3.31. The molecule has 0 bridgehead atoms. The van der Waals surface area contributed by atoms with Crippen molar-refractivity contribution in [1.29, 1.82) is 0 Å². The summed E-state index contributed by atoms with van der Waals surface area (Å²) < 4.78 is 0. The highest BCUT2D eigenvalue weighted by Crippen LogP contribution is 2.07. The normalized spacial score (nSPS) is 11.2. The van der Waals surface area contributed by atoms with Crippen LogP contribution in [0.4, 0.5) is 0 Å². The van der Waals surface area contributed by atoms with Gasteiger partial charge < -0.3 is 5.73 Å². The summed E-state index contributed by atoms with van der Waals surface area (Å²) in [6, 6.07) is 14.4. The number of pyridine rings is 1. The van der Waals surface area contributed by atoms with Crippen molar-refractivity contribution in [2.24, 2.45) is 5.73 Å². The Morgan fingerprint density at radius 1 is 1.06 bits per heavy atom. The zero-order chi connectivity index (χ0) is 12.1. The van der Waals surface area contributed by atoms with Crippen LogP contribution in [0.1, 0.15) is 16.1 Å². The number of benzene rings is 1. The zero-order valence-corrected chi connectivity index (χ0v) is 9.21. The van der Waals surface area contributed by atoms with Gasteiger partial charge in [0.05, 0.1) is 11.4 Å². The maximum Gasteiger partial charge on any atom is 0.187 e. The number of allylic oxidation sites excluding steroid dienone is 1. The van der Waals surface area contributed by atoms with Gasteiger partial charge >= 0.3 is 0 Å². The Morgan fingerprint density at radius 2 is 1.76 bits per heavy atom. The first-order valence-corrected chi connectivity index (χ1v) is 5.25. The van der Waals surface area contributed by atoms with Gasteiger partial charge in [0.1, 0.15) is 0 Å². The number of carbonyl (C=O) groups excluding carboxylic acids is 1. The van der Waals surface area contributed by atoms with Crippen LogP contribution in [0, 0.1) is 0 Å². The van der Waals surface area contributed by atoms with Crippen LogP contribution >= 0.6 is 0 Å². The smallest absolute Gasteiger partial charge is 0.187 e. The Morgan fingerprint density at radius 3 is 2.41 bits per heavy atom. The lowest BCUT2D eigenvalue weighted by Gasteiger charge is -2.00. The second kappa shape index (κ2) is 5.07. The summed E-state index contributed by atoms with van der Waals surface area (Å²) in [5.74, 6) is -0.117. The first kappa shape index (κ1) is 11.1. The van der Waals surface area contributed by atoms with E-state index in [0.717, 1.165) is 0 Å². The topological polar surface area (TPSA) is 56.0 Å². The molecule has 0 aliphatic carbocycles. The van der Waals surface area contributed by atoms with Gasteiger partial charge in [0.2, 0.25) is 0 Å². The van der Waals surface area contributed by atoms with E-state index in [0.29, 0.717) is 17.0 Å². The van der Waals surface area contributed by atoms with E-state index in [9.17, 15) is 4.79 Å². The van der Waals surface area contributed by atoms with Gasteiger partial charge in [-0.15, -0.1) is 0 Å². The highest BCUT2D eigenvalue weighted by molar-refractivity contribution is 6.08. The van der Waals surface area contributed by atoms with Gasteiger partial charge in [-0.25, -0.2) is 0 Å². The van der Waals surface area contributed by atoms with Crippen LogP contribution in [-0.4, -0.2) is 10.8 Å². The highest BCUT2D eigenvalue weighted by Gasteiger charge is 2.04. The van der Waals surface area contributed by atoms with E-state index >= 15 is 0 Å². The van der Waals surface area contributed by atoms with Crippen molar-refractivity contribution in [3.63, 3.8) is 0 Å². The Labute approximate surface area is 99.6 Å². The van der Waals surface area contributed by atoms with Crippen LogP contribution in [-0.2, 0) is 0 Å². The van der Waals surface area contributed by atoms with Gasteiger partial charge in [-0.05, 0) is 12.1 Å². The van der Waals surface area contributed by atoms with E-state index in [4.69, 9.17) is 5.73 Å². The molecular weight excluding hydrogens is 212 g/mol. The third-order valence-electron chi connectivity index (χ3n) is 2.31. The molecule has 2 rings (SSSR count). The van der Waals surface area contributed by atoms with Crippen LogP contribution in [0.15, 0.2) is 60.8 Å². The van der Waals surface area contributed by atoms with E-state index in [1.807, 2.05) is 24.3 Å². The molecule has 0 unspecified atom stereocenters. The fraction of sp³-hybridized carbons (Fsp3) is 0. The van der Waals surface area contributed by atoms with Crippen molar-refractivity contribution in [2.45, 2.75) is 0 Å². The minimum atomic E-state index is -0.117. The van der Waals surface area contributed by atoms with Crippen LogP contribution in [0.3, 0.4) is 0 Å². The Bertz CT molecular complexity index is 533. The molecule has 3 nitrogen and oxygen atoms in total. The maximum absolute atomic E-state index is 11.8. The standard InChI is InChI=1S/C14H12N2O/c15-12(13-8-4-5-9-16-13)10-14(17)11-6-2-1-3-7-11/h1-10H,15H2/b12-10-. The number of nitrogens with zero attached hydrogens (tertiary/aromatic N) is 1. The average molecular weight is 224 g/mol. The molecule has 3 heteroatoms. The number of aromatic nitrogens is 1. The van der Waals surface area contributed by atoms with Crippen LogP contribution < -0.4 is 5.73 Å². The predicted molar refractivity (Wildman–Crippen MR) is 67.2 cm³/mol. The SMILES string of the molecule is N/C(=C\C(=O)c1ccccc1)c1ccccn1. The predicted octanol–water partition coefficient (Wildman–Crippen LogP) is 2.26. The second-order valence-electron chi connectivity index (χ2n) is 3.54. The molecule has 0 amide bonds. The lowest BCUT2D eigenvalue weighted by molar-refractivity contribution is 0.104. The van der Waals surface area contributed by atoms with Gasteiger partial charge in [-0.3, -0.25) is 9.78 Å². The van der Waals surface area contributed by atoms with E-state index in [1.54, 1.807) is 30.5 Å². The molecule has 2 N–H and O–H groups in total. The average Bonchev–Trinajstić information content (AvgIpc) is 2.40. The minimum absolute atomic E-state index is 0.117. The fourth-order valence-electron chi connectivity index (χ4n) is 1.43. The van der Waals surface area contributed by atoms with Gasteiger partial charge in [-0.2, -0.15) is 0 Å². The molecular formula is C14H12N2O. The van der Waals surface area contributed by atoms with Crippen molar-refractivity contribution >= 4 is 11.5 Å². The quantitative estimate of drug-likeness (QED) is 0.642. The maximum atomic E-state index is 11.8. The summed E-state index contributed by atoms with van der Waals surface area (Å²) in [4.78, 5) is 15.9. The molecule has 0 spiro atoms. The molecule has 17 heavy (non-hydrogen) atoms. The fourth-order valence-corrected chi connectivity index (χ4v) is 1.43. The first-order chi connectivity index (χ1) is 8.27. The van der Waals surface area contributed by atoms with Crippen molar-refractivity contribution in [1.82, 2.24) is 4.98 Å². The number of rotatable bonds is 3. The van der Waals surface area contributed by atoms with Gasteiger partial charge in [0, 0.05) is 17.8 Å². The minimum Gasteiger partial charge on any atom is -0.397 e. The van der Waals surface area contributed by atoms with E-state index in [2.05, 4.69) is 4.98 Å². The monoisotopic (exact) mass is 224 g/mol. The molecule has 2 aromatic rings. The van der Waals surface area contributed by atoms with Crippen molar-refractivity contribution in [2.75, 3.05) is 0 Å². The molecule has 1 aromatic carbocycles. The summed E-state index contributed by atoms with van der Waals surface area (Å²) in [5.41, 5.74) is 7.41. The number of carbonyl (C=O) groups is 1. The van der Waals surface area contributed by atoms with Gasteiger partial charge in [-0.1, -0.05) is 36.4 Å². The molecule has 0 saturated carbocycles. The summed E-state index contributed by atoms with van der Waals surface area (Å²) in [6.07, 6.45) is 3.04. The summed E-state index contributed by atoms with van der Waals surface area (Å²) in [5, 5.41) is 0. The number of nitrogens with two attached hydrogens (primary N) is 1. The third-order valence-corrected chi connectivity index (χ3v) is 2.31. The van der Waals surface area contributed by atoms with E-state index in [1.165, 1.54) is 6.08 Å². The molecule has 0 saturated heterocycles. The highest BCUT2D eigenvalue weighted by atomic mass is 16.1. The number of hydrogen-bond donors (Lipinski definition) is 1. The zero-order valence-electron chi connectivity index (χ0n) is 9.21. The largest absolute Gasteiger partial charge is 0.397 e. The summed E-state index contributed by atoms with van der Waals surface area (Å²) in [6.45, 7) is 0.